The van der Waals surface area contributed by atoms with Gasteiger partial charge >= 0.3 is 0 Å². The maximum absolute atomic E-state index is 12.7. The molecular weight excluding hydrogens is 294 g/mol. The first kappa shape index (κ1) is 15.0. The second kappa shape index (κ2) is 6.04. The van der Waals surface area contributed by atoms with E-state index in [1.165, 1.54) is 0 Å². The highest BCUT2D eigenvalue weighted by Crippen LogP contribution is 2.30. The molecule has 3 aromatic rings. The highest BCUT2D eigenvalue weighted by Gasteiger charge is 2.19. The van der Waals surface area contributed by atoms with Crippen LogP contribution in [0, 0.1) is 6.92 Å². The molecule has 3 rings (SSSR count). The van der Waals surface area contributed by atoms with Gasteiger partial charge in [0.1, 0.15) is 22.8 Å². The van der Waals surface area contributed by atoms with Crippen LogP contribution in [0.3, 0.4) is 0 Å². The molecule has 5 nitrogen and oxygen atoms in total. The minimum atomic E-state index is -0.234. The molecule has 0 saturated carbocycles. The van der Waals surface area contributed by atoms with Crippen molar-refractivity contribution in [2.75, 3.05) is 19.5 Å². The first-order chi connectivity index (χ1) is 11.1. The van der Waals surface area contributed by atoms with Crippen LogP contribution in [0.1, 0.15) is 16.1 Å². The molecule has 1 heterocycles. The molecule has 2 aromatic carbocycles. The Bertz CT molecular complexity index is 867. The van der Waals surface area contributed by atoms with Crippen LogP contribution in [-0.2, 0) is 0 Å². The van der Waals surface area contributed by atoms with Crippen LogP contribution < -0.4 is 14.8 Å². The number of nitrogens with one attached hydrogen (secondary N) is 1. The van der Waals surface area contributed by atoms with Gasteiger partial charge in [-0.25, -0.2) is 0 Å². The van der Waals surface area contributed by atoms with Crippen molar-refractivity contribution in [3.8, 4) is 11.5 Å². The number of methoxy groups -OCH3 is 2. The number of carbonyl (C=O) groups is 1. The molecule has 0 spiro atoms. The Kier molecular flexibility index (Phi) is 3.93. The summed E-state index contributed by atoms with van der Waals surface area (Å²) in [7, 11) is 3.17. The van der Waals surface area contributed by atoms with Crippen LogP contribution >= 0.6 is 0 Å². The van der Waals surface area contributed by atoms with Crippen LogP contribution in [0.4, 0.5) is 5.69 Å². The number of hydrogen-bond donors (Lipinski definition) is 1. The number of amides is 1. The first-order valence-electron chi connectivity index (χ1n) is 7.15. The second-order valence-corrected chi connectivity index (χ2v) is 5.08. The summed E-state index contributed by atoms with van der Waals surface area (Å²) in [6.07, 6.45) is 0. The van der Waals surface area contributed by atoms with Crippen molar-refractivity contribution in [1.82, 2.24) is 0 Å². The summed E-state index contributed by atoms with van der Waals surface area (Å²) in [4.78, 5) is 12.7. The molecule has 0 aliphatic heterocycles. The van der Waals surface area contributed by atoms with E-state index >= 15 is 0 Å². The summed E-state index contributed by atoms with van der Waals surface area (Å²) in [6.45, 7) is 1.77. The molecule has 0 fully saturated rings. The zero-order valence-electron chi connectivity index (χ0n) is 13.2. The number of carbonyl (C=O) groups excluding carboxylic acids is 1. The van der Waals surface area contributed by atoms with Gasteiger partial charge in [0, 0.05) is 17.1 Å². The number of hydrogen-bond acceptors (Lipinski definition) is 4. The van der Waals surface area contributed by atoms with Gasteiger partial charge in [0.2, 0.25) is 0 Å². The number of anilines is 1. The van der Waals surface area contributed by atoms with Gasteiger partial charge in [0.25, 0.3) is 5.91 Å². The van der Waals surface area contributed by atoms with Crippen LogP contribution in [0.2, 0.25) is 0 Å². The van der Waals surface area contributed by atoms with Gasteiger partial charge in [-0.2, -0.15) is 0 Å². The van der Waals surface area contributed by atoms with Crippen molar-refractivity contribution in [2.45, 2.75) is 6.92 Å². The molecular formula is C18H17NO4. The van der Waals surface area contributed by atoms with Crippen molar-refractivity contribution < 1.29 is 18.7 Å². The van der Waals surface area contributed by atoms with E-state index in [2.05, 4.69) is 5.32 Å². The minimum Gasteiger partial charge on any atom is -0.497 e. The highest BCUT2D eigenvalue weighted by atomic mass is 16.5. The molecule has 0 radical (unpaired) electrons. The zero-order valence-corrected chi connectivity index (χ0v) is 13.2. The van der Waals surface area contributed by atoms with E-state index in [4.69, 9.17) is 13.9 Å². The third-order valence-electron chi connectivity index (χ3n) is 3.63. The third kappa shape index (κ3) is 2.85. The summed E-state index contributed by atoms with van der Waals surface area (Å²) >= 11 is 0. The number of aryl methyl sites for hydroxylation is 1. The van der Waals surface area contributed by atoms with Gasteiger partial charge in [-0.1, -0.05) is 6.07 Å². The third-order valence-corrected chi connectivity index (χ3v) is 3.63. The fourth-order valence-corrected chi connectivity index (χ4v) is 2.50. The Balaban J connectivity index is 1.98. The fourth-order valence-electron chi connectivity index (χ4n) is 2.50. The molecule has 118 valence electrons. The van der Waals surface area contributed by atoms with Crippen molar-refractivity contribution in [3.05, 3.63) is 53.8 Å². The Hall–Kier alpha value is -2.95. The maximum Gasteiger partial charge on any atom is 0.259 e. The molecule has 0 atom stereocenters. The quantitative estimate of drug-likeness (QED) is 0.791. The zero-order chi connectivity index (χ0) is 16.4. The Morgan fingerprint density at radius 3 is 2.52 bits per heavy atom. The van der Waals surface area contributed by atoms with Crippen molar-refractivity contribution >= 4 is 22.6 Å². The molecule has 1 amide bonds. The molecule has 0 unspecified atom stereocenters. The van der Waals surface area contributed by atoms with E-state index in [-0.39, 0.29) is 5.91 Å². The van der Waals surface area contributed by atoms with E-state index in [1.54, 1.807) is 51.5 Å². The summed E-state index contributed by atoms with van der Waals surface area (Å²) < 4.78 is 16.1. The lowest BCUT2D eigenvalue weighted by molar-refractivity contribution is 0.102. The van der Waals surface area contributed by atoms with E-state index in [1.807, 2.05) is 12.1 Å². The van der Waals surface area contributed by atoms with Crippen molar-refractivity contribution in [1.29, 1.82) is 0 Å². The monoisotopic (exact) mass is 311 g/mol. The number of fused-ring (bicyclic) bond motifs is 1. The highest BCUT2D eigenvalue weighted by molar-refractivity contribution is 6.13. The summed E-state index contributed by atoms with van der Waals surface area (Å²) in [5.74, 6) is 1.68. The Labute approximate surface area is 133 Å². The normalized spacial score (nSPS) is 10.6. The van der Waals surface area contributed by atoms with Crippen LogP contribution in [-0.4, -0.2) is 20.1 Å². The lowest BCUT2D eigenvalue weighted by Gasteiger charge is -2.07. The van der Waals surface area contributed by atoms with Crippen LogP contribution in [0.5, 0.6) is 11.5 Å². The van der Waals surface area contributed by atoms with Gasteiger partial charge in [-0.15, -0.1) is 0 Å². The molecule has 0 aliphatic rings. The molecule has 0 saturated heterocycles. The summed E-state index contributed by atoms with van der Waals surface area (Å²) in [5, 5.41) is 3.59. The summed E-state index contributed by atoms with van der Waals surface area (Å²) in [5.41, 5.74) is 1.81. The number of furan rings is 1. The molecule has 0 bridgehead atoms. The lowest BCUT2D eigenvalue weighted by atomic mass is 10.1. The predicted octanol–water partition coefficient (Wildman–Crippen LogP) is 4.01. The molecule has 1 aromatic heterocycles. The first-order valence-corrected chi connectivity index (χ1v) is 7.15. The minimum absolute atomic E-state index is 0.234. The van der Waals surface area contributed by atoms with Gasteiger partial charge in [-0.3, -0.25) is 4.79 Å². The maximum atomic E-state index is 12.7. The van der Waals surface area contributed by atoms with Crippen molar-refractivity contribution in [3.63, 3.8) is 0 Å². The topological polar surface area (TPSA) is 60.7 Å². The van der Waals surface area contributed by atoms with Gasteiger partial charge in [0.05, 0.1) is 19.8 Å². The van der Waals surface area contributed by atoms with Gasteiger partial charge < -0.3 is 19.2 Å². The molecule has 0 aliphatic carbocycles. The number of benzene rings is 2. The molecule has 23 heavy (non-hydrogen) atoms. The molecule has 5 heteroatoms. The largest absolute Gasteiger partial charge is 0.497 e. The Morgan fingerprint density at radius 2 is 1.78 bits per heavy atom. The van der Waals surface area contributed by atoms with E-state index < -0.39 is 0 Å². The molecule has 1 N–H and O–H groups in total. The second-order valence-electron chi connectivity index (χ2n) is 5.08. The average Bonchev–Trinajstić information content (AvgIpc) is 2.89. The fraction of sp³-hybridized carbons (Fsp3) is 0.167. The number of rotatable bonds is 4. The van der Waals surface area contributed by atoms with Crippen molar-refractivity contribution in [2.24, 2.45) is 0 Å². The van der Waals surface area contributed by atoms with Crippen LogP contribution in [0.15, 0.2) is 46.9 Å². The predicted molar refractivity (Wildman–Crippen MR) is 88.5 cm³/mol. The summed E-state index contributed by atoms with van der Waals surface area (Å²) in [6, 6.07) is 12.6. The average molecular weight is 311 g/mol. The number of ether oxygens (including phenoxy) is 2. The van der Waals surface area contributed by atoms with E-state index in [0.29, 0.717) is 34.1 Å². The van der Waals surface area contributed by atoms with Gasteiger partial charge in [-0.05, 0) is 37.3 Å². The Morgan fingerprint density at radius 1 is 1.04 bits per heavy atom. The van der Waals surface area contributed by atoms with Gasteiger partial charge in [0.15, 0.2) is 0 Å². The van der Waals surface area contributed by atoms with E-state index in [0.717, 1.165) is 5.39 Å². The lowest BCUT2D eigenvalue weighted by Crippen LogP contribution is -2.12. The standard InChI is InChI=1S/C18H17NO4/c1-11-17(15-10-14(22-3)7-8-16(15)23-11)18(20)19-12-5-4-6-13(9-12)21-2/h4-10H,1-3H3,(H,19,20). The smallest absolute Gasteiger partial charge is 0.259 e. The van der Waals surface area contributed by atoms with Crippen LogP contribution in [0.25, 0.3) is 11.0 Å². The SMILES string of the molecule is COc1cccc(NC(=O)c2c(C)oc3ccc(OC)cc23)c1. The van der Waals surface area contributed by atoms with E-state index in [9.17, 15) is 4.79 Å².